The molecule has 0 aromatic rings. The van der Waals surface area contributed by atoms with Crippen molar-refractivity contribution in [2.45, 2.75) is 66.2 Å². The standard InChI is InChI=1S/C20H30.Zr/c1-5-14-11-17(15-9-7-6-8-10-15)19-13-16(12-18(14)19)20(2,3)4;/h6-7,12,14-15,17H,5,8-11,13H2,1-4H3;. The van der Waals surface area contributed by atoms with Gasteiger partial charge in [-0.05, 0) is 67.3 Å². The molecule has 0 saturated heterocycles. The van der Waals surface area contributed by atoms with E-state index in [0.29, 0.717) is 5.41 Å². The molecule has 3 aliphatic rings. The maximum atomic E-state index is 2.59. The van der Waals surface area contributed by atoms with Crippen LogP contribution in [-0.2, 0) is 26.2 Å². The molecule has 0 spiro atoms. The Bertz CT molecular complexity index is 473. The maximum Gasteiger partial charge on any atom is 0 e. The van der Waals surface area contributed by atoms with Crippen LogP contribution in [0.5, 0.6) is 0 Å². The van der Waals surface area contributed by atoms with Gasteiger partial charge >= 0.3 is 0 Å². The van der Waals surface area contributed by atoms with Crippen molar-refractivity contribution in [1.29, 1.82) is 0 Å². The van der Waals surface area contributed by atoms with E-state index >= 15 is 0 Å². The molecule has 0 nitrogen and oxygen atoms in total. The van der Waals surface area contributed by atoms with Gasteiger partial charge in [0.2, 0.25) is 0 Å². The van der Waals surface area contributed by atoms with Gasteiger partial charge in [-0.2, -0.15) is 0 Å². The fourth-order valence-electron chi connectivity index (χ4n) is 4.47. The summed E-state index contributed by atoms with van der Waals surface area (Å²) in [5.41, 5.74) is 5.61. The van der Waals surface area contributed by atoms with Crippen LogP contribution in [0.2, 0.25) is 0 Å². The van der Waals surface area contributed by atoms with Crippen molar-refractivity contribution in [2.75, 3.05) is 0 Å². The molecule has 21 heavy (non-hydrogen) atoms. The van der Waals surface area contributed by atoms with Gasteiger partial charge in [0.25, 0.3) is 0 Å². The molecule has 0 aromatic carbocycles. The quantitative estimate of drug-likeness (QED) is 0.524. The number of allylic oxidation sites excluding steroid dienone is 6. The summed E-state index contributed by atoms with van der Waals surface area (Å²) in [6, 6.07) is 0. The van der Waals surface area contributed by atoms with Crippen molar-refractivity contribution in [2.24, 2.45) is 23.2 Å². The van der Waals surface area contributed by atoms with Crippen LogP contribution in [0, 0.1) is 23.2 Å². The van der Waals surface area contributed by atoms with E-state index in [9.17, 15) is 0 Å². The normalized spacial score (nSPS) is 32.0. The number of hydrogen-bond acceptors (Lipinski definition) is 0. The van der Waals surface area contributed by atoms with E-state index in [0.717, 1.165) is 17.8 Å². The Morgan fingerprint density at radius 2 is 1.95 bits per heavy atom. The average molecular weight is 362 g/mol. The van der Waals surface area contributed by atoms with Crippen LogP contribution < -0.4 is 0 Å². The zero-order valence-corrected chi connectivity index (χ0v) is 16.7. The minimum atomic E-state index is 0. The van der Waals surface area contributed by atoms with E-state index in [4.69, 9.17) is 0 Å². The molecule has 0 saturated carbocycles. The molecular weight excluding hydrogens is 331 g/mol. The first-order valence-corrected chi connectivity index (χ1v) is 8.59. The maximum absolute atomic E-state index is 2.59. The Labute approximate surface area is 150 Å². The fraction of sp³-hybridized carbons (Fsp3) is 0.700. The van der Waals surface area contributed by atoms with Crippen LogP contribution in [0.1, 0.15) is 66.2 Å². The predicted molar refractivity (Wildman–Crippen MR) is 87.6 cm³/mol. The van der Waals surface area contributed by atoms with Crippen LogP contribution in [0.3, 0.4) is 0 Å². The van der Waals surface area contributed by atoms with Crippen LogP contribution in [0.15, 0.2) is 34.9 Å². The Morgan fingerprint density at radius 3 is 2.52 bits per heavy atom. The average Bonchev–Trinajstić information content (AvgIpc) is 2.97. The summed E-state index contributed by atoms with van der Waals surface area (Å²) >= 11 is 0. The first-order valence-electron chi connectivity index (χ1n) is 8.59. The summed E-state index contributed by atoms with van der Waals surface area (Å²) in [5, 5.41) is 0. The number of rotatable bonds is 2. The third-order valence-electron chi connectivity index (χ3n) is 5.84. The third-order valence-corrected chi connectivity index (χ3v) is 5.84. The molecule has 3 atom stereocenters. The molecule has 3 rings (SSSR count). The molecule has 0 fully saturated rings. The molecule has 0 bridgehead atoms. The summed E-state index contributed by atoms with van der Waals surface area (Å²) in [5.74, 6) is 2.66. The predicted octanol–water partition coefficient (Wildman–Crippen LogP) is 6.06. The molecular formula is C20H30Zr. The van der Waals surface area contributed by atoms with E-state index in [1.54, 1.807) is 11.1 Å². The van der Waals surface area contributed by atoms with E-state index in [1.165, 1.54) is 38.5 Å². The minimum absolute atomic E-state index is 0. The number of hydrogen-bond donors (Lipinski definition) is 0. The topological polar surface area (TPSA) is 0 Å². The van der Waals surface area contributed by atoms with Gasteiger partial charge in [-0.3, -0.25) is 0 Å². The zero-order valence-electron chi connectivity index (χ0n) is 14.2. The van der Waals surface area contributed by atoms with Crippen molar-refractivity contribution in [3.05, 3.63) is 34.9 Å². The first-order chi connectivity index (χ1) is 9.50. The van der Waals surface area contributed by atoms with Crippen molar-refractivity contribution >= 4 is 0 Å². The Balaban J connectivity index is 0.00000161. The Kier molecular flexibility index (Phi) is 5.57. The molecule has 0 aliphatic heterocycles. The molecule has 1 heteroatoms. The second-order valence-electron chi connectivity index (χ2n) is 8.07. The van der Waals surface area contributed by atoms with Gasteiger partial charge in [0.1, 0.15) is 0 Å². The summed E-state index contributed by atoms with van der Waals surface area (Å²) in [7, 11) is 0. The van der Waals surface area contributed by atoms with E-state index in [1.807, 2.05) is 5.57 Å². The second kappa shape index (κ2) is 6.69. The van der Waals surface area contributed by atoms with Crippen LogP contribution in [-0.4, -0.2) is 0 Å². The van der Waals surface area contributed by atoms with Gasteiger partial charge in [0.15, 0.2) is 0 Å². The van der Waals surface area contributed by atoms with Gasteiger partial charge in [-0.1, -0.05) is 57.1 Å². The van der Waals surface area contributed by atoms with Gasteiger partial charge in [0, 0.05) is 26.2 Å². The van der Waals surface area contributed by atoms with Crippen LogP contribution in [0.4, 0.5) is 0 Å². The summed E-state index contributed by atoms with van der Waals surface area (Å²) in [6.07, 6.45) is 15.5. The Morgan fingerprint density at radius 1 is 1.19 bits per heavy atom. The first kappa shape index (κ1) is 17.5. The second-order valence-corrected chi connectivity index (χ2v) is 8.07. The fourth-order valence-corrected chi connectivity index (χ4v) is 4.47. The molecule has 0 radical (unpaired) electrons. The molecule has 0 heterocycles. The van der Waals surface area contributed by atoms with Crippen molar-refractivity contribution < 1.29 is 26.2 Å². The van der Waals surface area contributed by atoms with E-state index < -0.39 is 0 Å². The summed E-state index contributed by atoms with van der Waals surface area (Å²) in [6.45, 7) is 9.50. The molecule has 3 unspecified atom stereocenters. The van der Waals surface area contributed by atoms with Gasteiger partial charge in [0.05, 0.1) is 0 Å². The summed E-state index contributed by atoms with van der Waals surface area (Å²) < 4.78 is 0. The van der Waals surface area contributed by atoms with E-state index in [-0.39, 0.29) is 26.2 Å². The third kappa shape index (κ3) is 3.39. The molecule has 0 N–H and O–H groups in total. The molecule has 0 amide bonds. The molecule has 3 aliphatic carbocycles. The Hall–Kier alpha value is 0.103. The SMILES string of the molecule is CCC1CC(C2CC=CCC2)C2=C1C=C(C(C)(C)C)C2.[Zr]. The van der Waals surface area contributed by atoms with Crippen molar-refractivity contribution in [1.82, 2.24) is 0 Å². The van der Waals surface area contributed by atoms with Crippen LogP contribution in [0.25, 0.3) is 0 Å². The van der Waals surface area contributed by atoms with Gasteiger partial charge < -0.3 is 0 Å². The zero-order chi connectivity index (χ0) is 14.3. The smallest absolute Gasteiger partial charge is 0 e. The van der Waals surface area contributed by atoms with E-state index in [2.05, 4.69) is 45.9 Å². The molecule has 114 valence electrons. The largest absolute Gasteiger partial charge is 0.0885 e. The van der Waals surface area contributed by atoms with Crippen molar-refractivity contribution in [3.63, 3.8) is 0 Å². The van der Waals surface area contributed by atoms with Gasteiger partial charge in [-0.25, -0.2) is 0 Å². The minimum Gasteiger partial charge on any atom is -0.0885 e. The van der Waals surface area contributed by atoms with Gasteiger partial charge in [-0.15, -0.1) is 0 Å². The monoisotopic (exact) mass is 360 g/mol. The summed E-state index contributed by atoms with van der Waals surface area (Å²) in [4.78, 5) is 0. The van der Waals surface area contributed by atoms with Crippen LogP contribution >= 0.6 is 0 Å². The molecule has 0 aromatic heterocycles. The van der Waals surface area contributed by atoms with Crippen molar-refractivity contribution in [3.8, 4) is 0 Å².